The fourth-order valence-corrected chi connectivity index (χ4v) is 1.46. The zero-order valence-electron chi connectivity index (χ0n) is 11.7. The number of nitrogens with one attached hydrogen (secondary N) is 1. The highest BCUT2D eigenvalue weighted by atomic mass is 16.2. The van der Waals surface area contributed by atoms with Gasteiger partial charge in [0.25, 0.3) is 0 Å². The van der Waals surface area contributed by atoms with E-state index >= 15 is 0 Å². The van der Waals surface area contributed by atoms with Crippen LogP contribution in [0.3, 0.4) is 0 Å². The molecule has 0 aliphatic heterocycles. The van der Waals surface area contributed by atoms with E-state index in [0.717, 1.165) is 11.3 Å². The minimum absolute atomic E-state index is 0.00593. The second-order valence-electron chi connectivity index (χ2n) is 4.84. The van der Waals surface area contributed by atoms with Crippen molar-refractivity contribution in [3.63, 3.8) is 0 Å². The monoisotopic (exact) mass is 259 g/mol. The van der Waals surface area contributed by atoms with Crippen molar-refractivity contribution in [2.24, 2.45) is 11.8 Å². The van der Waals surface area contributed by atoms with Crippen molar-refractivity contribution in [3.05, 3.63) is 29.8 Å². The van der Waals surface area contributed by atoms with Crippen LogP contribution >= 0.6 is 0 Å². The minimum atomic E-state index is -0.0431. The highest BCUT2D eigenvalue weighted by Gasteiger charge is 2.17. The van der Waals surface area contributed by atoms with Crippen LogP contribution in [0.1, 0.15) is 32.8 Å². The fraction of sp³-hybridized carbons (Fsp3) is 0.438. The summed E-state index contributed by atoms with van der Waals surface area (Å²) < 4.78 is 0. The van der Waals surface area contributed by atoms with Crippen LogP contribution in [0.4, 0.5) is 5.69 Å². The lowest BCUT2D eigenvalue weighted by atomic mass is 9.97. The maximum atomic E-state index is 12.0. The van der Waals surface area contributed by atoms with Gasteiger partial charge >= 0.3 is 0 Å². The number of carbonyl (C=O) groups excluding carboxylic acids is 1. The molecule has 0 spiro atoms. The smallest absolute Gasteiger partial charge is 0.227 e. The highest BCUT2D eigenvalue weighted by Crippen LogP contribution is 2.17. The van der Waals surface area contributed by atoms with Gasteiger partial charge in [-0.15, -0.1) is 0 Å². The molecule has 0 saturated heterocycles. The predicted molar refractivity (Wildman–Crippen MR) is 77.7 cm³/mol. The molecule has 1 amide bonds. The Morgan fingerprint density at radius 1 is 1.32 bits per heavy atom. The number of carbonyl (C=O) groups is 1. The number of aliphatic hydroxyl groups excluding tert-OH is 1. The Balaban J connectivity index is 2.84. The zero-order chi connectivity index (χ0) is 14.3. The van der Waals surface area contributed by atoms with Crippen LogP contribution in [0, 0.1) is 23.7 Å². The van der Waals surface area contributed by atoms with Crippen LogP contribution in [0.5, 0.6) is 0 Å². The lowest BCUT2D eigenvalue weighted by Gasteiger charge is -2.16. The van der Waals surface area contributed by atoms with Gasteiger partial charge in [0.1, 0.15) is 0 Å². The summed E-state index contributed by atoms with van der Waals surface area (Å²) in [6.07, 6.45) is 0.435. The molecule has 2 N–H and O–H groups in total. The van der Waals surface area contributed by atoms with Gasteiger partial charge in [0.05, 0.1) is 12.3 Å². The largest absolute Gasteiger partial charge is 0.395 e. The van der Waals surface area contributed by atoms with Crippen molar-refractivity contribution < 1.29 is 9.90 Å². The van der Waals surface area contributed by atoms with Crippen LogP contribution in [0.2, 0.25) is 0 Å². The Labute approximate surface area is 115 Å². The Morgan fingerprint density at radius 2 is 2.00 bits per heavy atom. The third-order valence-corrected chi connectivity index (χ3v) is 3.06. The molecule has 1 unspecified atom stereocenters. The first-order valence-corrected chi connectivity index (χ1v) is 6.56. The summed E-state index contributed by atoms with van der Waals surface area (Å²) in [5.74, 6) is 6.09. The molecule has 1 atom stereocenters. The number of aliphatic hydroxyl groups is 1. The Bertz CT molecular complexity index is 483. The van der Waals surface area contributed by atoms with Gasteiger partial charge in [-0.1, -0.05) is 44.7 Å². The quantitative estimate of drug-likeness (QED) is 0.817. The van der Waals surface area contributed by atoms with Crippen LogP contribution in [-0.2, 0) is 4.79 Å². The first-order valence-electron chi connectivity index (χ1n) is 6.56. The van der Waals surface area contributed by atoms with E-state index < -0.39 is 0 Å². The van der Waals surface area contributed by atoms with E-state index in [1.54, 1.807) is 0 Å². The summed E-state index contributed by atoms with van der Waals surface area (Å²) in [7, 11) is 0. The molecule has 3 nitrogen and oxygen atoms in total. The number of anilines is 1. The van der Waals surface area contributed by atoms with E-state index in [-0.39, 0.29) is 18.4 Å². The molecule has 0 radical (unpaired) electrons. The molecular formula is C16H21NO2. The molecule has 0 aliphatic rings. The van der Waals surface area contributed by atoms with Crippen LogP contribution in [0.25, 0.3) is 0 Å². The van der Waals surface area contributed by atoms with Crippen molar-refractivity contribution in [3.8, 4) is 11.8 Å². The average Bonchev–Trinajstić information content (AvgIpc) is 2.39. The summed E-state index contributed by atoms with van der Waals surface area (Å²) in [4.78, 5) is 12.0. The summed E-state index contributed by atoms with van der Waals surface area (Å²) in [6.45, 7) is 6.01. The molecule has 19 heavy (non-hydrogen) atoms. The minimum Gasteiger partial charge on any atom is -0.395 e. The van der Waals surface area contributed by atoms with E-state index in [4.69, 9.17) is 5.11 Å². The molecule has 3 heteroatoms. The fourth-order valence-electron chi connectivity index (χ4n) is 1.46. The highest BCUT2D eigenvalue weighted by molar-refractivity contribution is 5.93. The lowest BCUT2D eigenvalue weighted by Crippen LogP contribution is -2.24. The first kappa shape index (κ1) is 15.3. The average molecular weight is 259 g/mol. The van der Waals surface area contributed by atoms with Gasteiger partial charge in [-0.25, -0.2) is 0 Å². The maximum Gasteiger partial charge on any atom is 0.227 e. The molecule has 0 fully saturated rings. The normalized spacial score (nSPS) is 11.6. The second-order valence-corrected chi connectivity index (χ2v) is 4.84. The number of para-hydroxylation sites is 1. The van der Waals surface area contributed by atoms with Crippen molar-refractivity contribution in [2.75, 3.05) is 11.9 Å². The van der Waals surface area contributed by atoms with Gasteiger partial charge in [0.2, 0.25) is 5.91 Å². The summed E-state index contributed by atoms with van der Waals surface area (Å²) in [5.41, 5.74) is 1.51. The Morgan fingerprint density at radius 3 is 2.63 bits per heavy atom. The number of rotatable bonds is 4. The number of hydrogen-bond donors (Lipinski definition) is 2. The molecule has 1 aromatic carbocycles. The Hall–Kier alpha value is -1.79. The summed E-state index contributed by atoms with van der Waals surface area (Å²) in [6, 6.07) is 7.45. The van der Waals surface area contributed by atoms with E-state index in [1.807, 2.05) is 45.0 Å². The van der Waals surface area contributed by atoms with Gasteiger partial charge in [-0.2, -0.15) is 0 Å². The summed E-state index contributed by atoms with van der Waals surface area (Å²) in [5, 5.41) is 11.6. The molecule has 102 valence electrons. The Kier molecular flexibility index (Phi) is 6.11. The maximum absolute atomic E-state index is 12.0. The van der Waals surface area contributed by atoms with E-state index in [0.29, 0.717) is 12.3 Å². The van der Waals surface area contributed by atoms with E-state index in [1.165, 1.54) is 0 Å². The molecule has 0 heterocycles. The first-order chi connectivity index (χ1) is 9.06. The summed E-state index contributed by atoms with van der Waals surface area (Å²) >= 11 is 0. The number of amides is 1. The molecule has 1 rings (SSSR count). The van der Waals surface area contributed by atoms with Gasteiger partial charge in [-0.05, 0) is 18.1 Å². The number of benzene rings is 1. The third-order valence-electron chi connectivity index (χ3n) is 3.06. The van der Waals surface area contributed by atoms with Gasteiger partial charge < -0.3 is 10.4 Å². The standard InChI is InChI=1S/C16H21NO2/c1-12(2)13(3)16(19)17-15-10-5-4-8-14(15)9-6-7-11-18/h4-5,8,10,12-13,18H,7,11H2,1-3H3,(H,17,19). The van der Waals surface area contributed by atoms with Crippen LogP contribution in [0.15, 0.2) is 24.3 Å². The lowest BCUT2D eigenvalue weighted by molar-refractivity contribution is -0.120. The van der Waals surface area contributed by atoms with Gasteiger partial charge in [-0.3, -0.25) is 4.79 Å². The number of hydrogen-bond acceptors (Lipinski definition) is 2. The topological polar surface area (TPSA) is 49.3 Å². The van der Waals surface area contributed by atoms with Crippen molar-refractivity contribution >= 4 is 11.6 Å². The molecular weight excluding hydrogens is 238 g/mol. The van der Waals surface area contributed by atoms with Crippen LogP contribution in [-0.4, -0.2) is 17.6 Å². The van der Waals surface area contributed by atoms with Crippen molar-refractivity contribution in [1.82, 2.24) is 0 Å². The van der Waals surface area contributed by atoms with E-state index in [2.05, 4.69) is 17.2 Å². The predicted octanol–water partition coefficient (Wildman–Crippen LogP) is 2.65. The SMILES string of the molecule is CC(C)C(C)C(=O)Nc1ccccc1C#CCCO. The van der Waals surface area contributed by atoms with Crippen molar-refractivity contribution in [1.29, 1.82) is 0 Å². The zero-order valence-corrected chi connectivity index (χ0v) is 11.7. The second kappa shape index (κ2) is 7.60. The molecule has 0 bridgehead atoms. The van der Waals surface area contributed by atoms with Gasteiger partial charge in [0.15, 0.2) is 0 Å². The van der Waals surface area contributed by atoms with E-state index in [9.17, 15) is 4.79 Å². The molecule has 1 aromatic rings. The van der Waals surface area contributed by atoms with Crippen molar-refractivity contribution in [2.45, 2.75) is 27.2 Å². The molecule has 0 aromatic heterocycles. The third kappa shape index (κ3) is 4.76. The van der Waals surface area contributed by atoms with Gasteiger partial charge in [0, 0.05) is 17.9 Å². The molecule has 0 saturated carbocycles. The molecule has 0 aliphatic carbocycles. The van der Waals surface area contributed by atoms with Crippen LogP contribution < -0.4 is 5.32 Å².